The van der Waals surface area contributed by atoms with Crippen LogP contribution in [0.2, 0.25) is 0 Å². The normalized spacial score (nSPS) is 10.4. The van der Waals surface area contributed by atoms with Gasteiger partial charge in [0.05, 0.1) is 11.4 Å². The molecule has 0 aliphatic heterocycles. The lowest BCUT2D eigenvalue weighted by Gasteiger charge is -2.09. The molecule has 2 aromatic carbocycles. The van der Waals surface area contributed by atoms with E-state index in [1.54, 1.807) is 0 Å². The van der Waals surface area contributed by atoms with Crippen molar-refractivity contribution in [3.8, 4) is 22.5 Å². The van der Waals surface area contributed by atoms with Crippen LogP contribution in [-0.2, 0) is 14.1 Å². The molecule has 4 rings (SSSR count). The smallest absolute Gasteiger partial charge is 0.0962 e. The van der Waals surface area contributed by atoms with E-state index in [2.05, 4.69) is 43.2 Å². The first-order chi connectivity index (χ1) is 17.9. The molecule has 0 unspecified atom stereocenters. The summed E-state index contributed by atoms with van der Waals surface area (Å²) < 4.78 is 3.72. The number of rotatable bonds is 4. The van der Waals surface area contributed by atoms with Gasteiger partial charge in [0.25, 0.3) is 0 Å². The molecule has 0 bridgehead atoms. The van der Waals surface area contributed by atoms with Gasteiger partial charge < -0.3 is 0 Å². The molecule has 2 heterocycles. The molecule has 0 saturated carbocycles. The molecule has 196 valence electrons. The molecule has 0 amide bonds. The highest BCUT2D eigenvalue weighted by molar-refractivity contribution is 5.79. The highest BCUT2D eigenvalue weighted by atomic mass is 15.3. The molecule has 0 N–H and O–H groups in total. The van der Waals surface area contributed by atoms with Crippen molar-refractivity contribution in [1.29, 1.82) is 0 Å². The average molecular weight is 511 g/mol. The SMILES string of the molecule is Cc1cc(C)c(-c2nn(C)c(C)c2C)c(N=[N+]=[N-])c1.Cc1cc(C)c(-c2nn(C)c(C)c2C)cc1N=[N+]=[N-]. The Morgan fingerprint density at radius 3 is 1.66 bits per heavy atom. The Bertz CT molecular complexity index is 1620. The molecule has 0 aliphatic carbocycles. The minimum atomic E-state index is 0.640. The number of hydrogen-bond donors (Lipinski definition) is 0. The first kappa shape index (κ1) is 28.1. The Labute approximate surface area is 223 Å². The third-order valence-electron chi connectivity index (χ3n) is 7.07. The molecule has 0 aliphatic rings. The van der Waals surface area contributed by atoms with Crippen LogP contribution in [0.15, 0.2) is 34.5 Å². The van der Waals surface area contributed by atoms with Crippen LogP contribution >= 0.6 is 0 Å². The molecule has 0 spiro atoms. The fourth-order valence-electron chi connectivity index (χ4n) is 4.55. The monoisotopic (exact) mass is 510 g/mol. The minimum absolute atomic E-state index is 0.640. The van der Waals surface area contributed by atoms with E-state index in [0.717, 1.165) is 67.3 Å². The average Bonchev–Trinajstić information content (AvgIpc) is 3.25. The maximum atomic E-state index is 8.73. The van der Waals surface area contributed by atoms with Gasteiger partial charge in [-0.3, -0.25) is 9.36 Å². The fraction of sp³-hybridized carbons (Fsp3) is 0.357. The van der Waals surface area contributed by atoms with Gasteiger partial charge in [-0.25, -0.2) is 0 Å². The fourth-order valence-corrected chi connectivity index (χ4v) is 4.55. The van der Waals surface area contributed by atoms with E-state index >= 15 is 0 Å². The van der Waals surface area contributed by atoms with Gasteiger partial charge in [0.2, 0.25) is 0 Å². The van der Waals surface area contributed by atoms with E-state index in [9.17, 15) is 0 Å². The van der Waals surface area contributed by atoms with Crippen LogP contribution in [-0.4, -0.2) is 19.6 Å². The zero-order chi connectivity index (χ0) is 28.3. The molecular formula is C28H34N10. The van der Waals surface area contributed by atoms with E-state index in [-0.39, 0.29) is 0 Å². The Balaban J connectivity index is 0.000000211. The zero-order valence-corrected chi connectivity index (χ0v) is 23.8. The summed E-state index contributed by atoms with van der Waals surface area (Å²) in [6.45, 7) is 16.2. The maximum absolute atomic E-state index is 8.73. The lowest BCUT2D eigenvalue weighted by atomic mass is 9.98. The standard InChI is InChI=1S/2C14H17N5/c1-8-6-9(2)13(16-18-15)7-12(8)14-10(3)11(4)19(5)17-14;1-8-6-9(2)13(12(7-8)16-18-15)14-10(3)11(4)19(5)17-14/h2*6-7H,1-5H3. The summed E-state index contributed by atoms with van der Waals surface area (Å²) in [5, 5.41) is 16.7. The molecule has 0 saturated heterocycles. The molecular weight excluding hydrogens is 476 g/mol. The summed E-state index contributed by atoms with van der Waals surface area (Å²) in [6.07, 6.45) is 0. The van der Waals surface area contributed by atoms with Crippen LogP contribution in [0.4, 0.5) is 11.4 Å². The molecule has 0 atom stereocenters. The van der Waals surface area contributed by atoms with Gasteiger partial charge in [-0.05, 0) is 106 Å². The summed E-state index contributed by atoms with van der Waals surface area (Å²) in [5.41, 5.74) is 31.2. The van der Waals surface area contributed by atoms with E-state index in [1.165, 1.54) is 0 Å². The summed E-state index contributed by atoms with van der Waals surface area (Å²) in [6, 6.07) is 7.92. The van der Waals surface area contributed by atoms with Crippen molar-refractivity contribution in [2.75, 3.05) is 0 Å². The Morgan fingerprint density at radius 1 is 0.632 bits per heavy atom. The highest BCUT2D eigenvalue weighted by Gasteiger charge is 2.17. The van der Waals surface area contributed by atoms with Crippen LogP contribution in [0, 0.1) is 55.4 Å². The van der Waals surface area contributed by atoms with E-state index < -0.39 is 0 Å². The molecule has 0 fully saturated rings. The van der Waals surface area contributed by atoms with E-state index in [0.29, 0.717) is 11.4 Å². The number of hydrogen-bond acceptors (Lipinski definition) is 4. The topological polar surface area (TPSA) is 133 Å². The Hall–Kier alpha value is -4.52. The number of aryl methyl sites for hydroxylation is 6. The van der Waals surface area contributed by atoms with Crippen molar-refractivity contribution in [3.63, 3.8) is 0 Å². The predicted octanol–water partition coefficient (Wildman–Crippen LogP) is 8.53. The van der Waals surface area contributed by atoms with Gasteiger partial charge in [-0.15, -0.1) is 0 Å². The third kappa shape index (κ3) is 5.42. The van der Waals surface area contributed by atoms with Gasteiger partial charge in [0.1, 0.15) is 0 Å². The van der Waals surface area contributed by atoms with Crippen LogP contribution < -0.4 is 0 Å². The lowest BCUT2D eigenvalue weighted by molar-refractivity contribution is 0.741. The Morgan fingerprint density at radius 2 is 1.16 bits per heavy atom. The summed E-state index contributed by atoms with van der Waals surface area (Å²) >= 11 is 0. The van der Waals surface area contributed by atoms with Gasteiger partial charge in [0.15, 0.2) is 0 Å². The van der Waals surface area contributed by atoms with Crippen molar-refractivity contribution in [2.24, 2.45) is 24.3 Å². The van der Waals surface area contributed by atoms with E-state index in [1.807, 2.05) is 90.1 Å². The minimum Gasteiger partial charge on any atom is -0.272 e. The summed E-state index contributed by atoms with van der Waals surface area (Å²) in [4.78, 5) is 5.80. The van der Waals surface area contributed by atoms with Crippen molar-refractivity contribution < 1.29 is 0 Å². The van der Waals surface area contributed by atoms with Crippen LogP contribution in [0.5, 0.6) is 0 Å². The largest absolute Gasteiger partial charge is 0.272 e. The Kier molecular flexibility index (Phi) is 8.31. The van der Waals surface area contributed by atoms with Crippen molar-refractivity contribution in [1.82, 2.24) is 19.6 Å². The van der Waals surface area contributed by atoms with Crippen molar-refractivity contribution >= 4 is 11.4 Å². The first-order valence-corrected chi connectivity index (χ1v) is 12.2. The van der Waals surface area contributed by atoms with Gasteiger partial charge in [-0.1, -0.05) is 27.9 Å². The van der Waals surface area contributed by atoms with Crippen LogP contribution in [0.3, 0.4) is 0 Å². The zero-order valence-electron chi connectivity index (χ0n) is 23.8. The van der Waals surface area contributed by atoms with Gasteiger partial charge >= 0.3 is 0 Å². The molecule has 10 nitrogen and oxygen atoms in total. The van der Waals surface area contributed by atoms with Gasteiger partial charge in [0, 0.05) is 57.8 Å². The predicted molar refractivity (Wildman–Crippen MR) is 153 cm³/mol. The number of benzene rings is 2. The molecule has 4 aromatic rings. The second-order valence-corrected chi connectivity index (χ2v) is 9.67. The van der Waals surface area contributed by atoms with Crippen LogP contribution in [0.1, 0.15) is 44.8 Å². The van der Waals surface area contributed by atoms with Crippen molar-refractivity contribution in [3.05, 3.63) is 89.9 Å². The first-order valence-electron chi connectivity index (χ1n) is 12.2. The molecule has 38 heavy (non-hydrogen) atoms. The second kappa shape index (κ2) is 11.3. The molecule has 2 aromatic heterocycles. The summed E-state index contributed by atoms with van der Waals surface area (Å²) in [5.74, 6) is 0. The van der Waals surface area contributed by atoms with Gasteiger partial charge in [-0.2, -0.15) is 10.2 Å². The summed E-state index contributed by atoms with van der Waals surface area (Å²) in [7, 11) is 3.85. The number of aromatic nitrogens is 4. The second-order valence-electron chi connectivity index (χ2n) is 9.67. The van der Waals surface area contributed by atoms with Crippen molar-refractivity contribution in [2.45, 2.75) is 55.4 Å². The highest BCUT2D eigenvalue weighted by Crippen LogP contribution is 2.36. The lowest BCUT2D eigenvalue weighted by Crippen LogP contribution is -1.93. The molecule has 0 radical (unpaired) electrons. The molecule has 10 heteroatoms. The quantitative estimate of drug-likeness (QED) is 0.154. The third-order valence-corrected chi connectivity index (χ3v) is 7.07. The van der Waals surface area contributed by atoms with E-state index in [4.69, 9.17) is 11.1 Å². The van der Waals surface area contributed by atoms with Crippen LogP contribution in [0.25, 0.3) is 43.4 Å². The maximum Gasteiger partial charge on any atom is 0.0962 e. The number of azide groups is 2. The number of nitrogens with zero attached hydrogens (tertiary/aromatic N) is 10.